The normalized spacial score (nSPS) is 36.1. The van der Waals surface area contributed by atoms with Crippen LogP contribution in [-0.2, 0) is 38.0 Å². The number of hydrogen-bond acceptors (Lipinski definition) is 8. The summed E-state index contributed by atoms with van der Waals surface area (Å²) in [5.74, 6) is -1.68. The molecule has 0 aliphatic carbocycles. The smallest absolute Gasteiger partial charge is 0.297 e. The van der Waals surface area contributed by atoms with Crippen LogP contribution < -0.4 is 0 Å². The molecule has 3 fully saturated rings. The second-order valence-corrected chi connectivity index (χ2v) is 9.87. The number of hydrogen-bond donors (Lipinski definition) is 0. The van der Waals surface area contributed by atoms with E-state index in [0.717, 1.165) is 5.56 Å². The Hall–Kier alpha value is -1.07. The van der Waals surface area contributed by atoms with E-state index in [1.54, 1.807) is 39.8 Å². The first-order chi connectivity index (χ1) is 13.0. The Morgan fingerprint density at radius 3 is 2.14 bits per heavy atom. The maximum absolute atomic E-state index is 12.5. The van der Waals surface area contributed by atoms with Crippen molar-refractivity contribution in [2.24, 2.45) is 0 Å². The second kappa shape index (κ2) is 6.73. The van der Waals surface area contributed by atoms with Gasteiger partial charge in [-0.25, -0.2) is 0 Å². The maximum Gasteiger partial charge on any atom is 0.297 e. The molecule has 3 saturated heterocycles. The van der Waals surface area contributed by atoms with Gasteiger partial charge in [-0.2, -0.15) is 8.42 Å². The van der Waals surface area contributed by atoms with Gasteiger partial charge in [-0.3, -0.25) is 4.18 Å². The lowest BCUT2D eigenvalue weighted by Gasteiger charge is -2.36. The fourth-order valence-electron chi connectivity index (χ4n) is 3.76. The van der Waals surface area contributed by atoms with Crippen molar-refractivity contribution < 1.29 is 36.3 Å². The van der Waals surface area contributed by atoms with Crippen LogP contribution in [0.4, 0.5) is 0 Å². The topological polar surface area (TPSA) is 89.5 Å². The van der Waals surface area contributed by atoms with Gasteiger partial charge < -0.3 is 23.7 Å². The van der Waals surface area contributed by atoms with Crippen molar-refractivity contribution in [3.63, 3.8) is 0 Å². The quantitative estimate of drug-likeness (QED) is 0.692. The van der Waals surface area contributed by atoms with Gasteiger partial charge in [-0.15, -0.1) is 0 Å². The van der Waals surface area contributed by atoms with Crippen molar-refractivity contribution in [3.05, 3.63) is 29.8 Å². The molecule has 4 rings (SSSR count). The van der Waals surface area contributed by atoms with Crippen molar-refractivity contribution >= 4 is 10.1 Å². The minimum absolute atomic E-state index is 0.0915. The van der Waals surface area contributed by atoms with E-state index < -0.39 is 52.4 Å². The largest absolute Gasteiger partial charge is 0.342 e. The summed E-state index contributed by atoms with van der Waals surface area (Å²) in [5, 5.41) is 0. The Balaban J connectivity index is 1.52. The molecule has 156 valence electrons. The average molecular weight is 414 g/mol. The Kier molecular flexibility index (Phi) is 4.86. The highest BCUT2D eigenvalue weighted by atomic mass is 32.2. The van der Waals surface area contributed by atoms with Crippen LogP contribution in [0.15, 0.2) is 29.2 Å². The van der Waals surface area contributed by atoms with Gasteiger partial charge in [-0.05, 0) is 46.8 Å². The predicted octanol–water partition coefficient (Wildman–Crippen LogP) is 2.10. The summed E-state index contributed by atoms with van der Waals surface area (Å²) in [7, 11) is -3.93. The van der Waals surface area contributed by atoms with E-state index in [1.165, 1.54) is 12.1 Å². The summed E-state index contributed by atoms with van der Waals surface area (Å²) < 4.78 is 60.0. The van der Waals surface area contributed by atoms with E-state index in [-0.39, 0.29) is 11.5 Å². The molecule has 0 spiro atoms. The Morgan fingerprint density at radius 1 is 0.893 bits per heavy atom. The first-order valence-corrected chi connectivity index (χ1v) is 10.7. The monoisotopic (exact) mass is 414 g/mol. The molecule has 0 saturated carbocycles. The number of ether oxygens (including phenoxy) is 5. The fraction of sp³-hybridized carbons (Fsp3) is 0.684. The molecule has 0 bridgehead atoms. The molecular weight excluding hydrogens is 388 g/mol. The first-order valence-electron chi connectivity index (χ1n) is 9.29. The van der Waals surface area contributed by atoms with Crippen molar-refractivity contribution in [2.75, 3.05) is 6.61 Å². The summed E-state index contributed by atoms with van der Waals surface area (Å²) in [5.41, 5.74) is 0.961. The van der Waals surface area contributed by atoms with Crippen LogP contribution in [0.3, 0.4) is 0 Å². The summed E-state index contributed by atoms with van der Waals surface area (Å²) in [6, 6.07) is 6.46. The SMILES string of the molecule is Cc1ccc(S(=O)(=O)OCC2O[C@H]3OC(C)(C)O[C@H]3C3OC(C)(C)O[C@@H]23)cc1. The van der Waals surface area contributed by atoms with Crippen LogP contribution in [0.5, 0.6) is 0 Å². The molecule has 1 aromatic rings. The maximum atomic E-state index is 12.5. The molecule has 28 heavy (non-hydrogen) atoms. The molecule has 0 amide bonds. The van der Waals surface area contributed by atoms with Crippen LogP contribution in [0, 0.1) is 6.92 Å². The van der Waals surface area contributed by atoms with Gasteiger partial charge in [0.15, 0.2) is 17.9 Å². The van der Waals surface area contributed by atoms with Gasteiger partial charge in [-0.1, -0.05) is 17.7 Å². The summed E-state index contributed by atoms with van der Waals surface area (Å²) in [6.45, 7) is 8.83. The van der Waals surface area contributed by atoms with Crippen molar-refractivity contribution in [2.45, 2.75) is 81.8 Å². The molecule has 9 heteroatoms. The van der Waals surface area contributed by atoms with Crippen molar-refractivity contribution in [3.8, 4) is 0 Å². The predicted molar refractivity (Wildman–Crippen MR) is 96.8 cm³/mol. The van der Waals surface area contributed by atoms with Crippen LogP contribution in [-0.4, -0.2) is 57.3 Å². The number of fused-ring (bicyclic) bond motifs is 3. The number of aryl methyl sites for hydroxylation is 1. The van der Waals surface area contributed by atoms with E-state index in [9.17, 15) is 8.42 Å². The van der Waals surface area contributed by atoms with Gasteiger partial charge in [0.1, 0.15) is 24.4 Å². The third-order valence-electron chi connectivity index (χ3n) is 4.95. The molecule has 3 aliphatic heterocycles. The van der Waals surface area contributed by atoms with E-state index >= 15 is 0 Å². The second-order valence-electron chi connectivity index (χ2n) is 8.26. The van der Waals surface area contributed by atoms with Crippen LogP contribution >= 0.6 is 0 Å². The number of benzene rings is 1. The zero-order valence-corrected chi connectivity index (χ0v) is 17.4. The van der Waals surface area contributed by atoms with Gasteiger partial charge in [0, 0.05) is 0 Å². The molecule has 0 N–H and O–H groups in total. The standard InChI is InChI=1S/C19H26O8S/c1-11-6-8-12(9-7-11)28(20,21)22-10-13-14-15(25-18(2,3)24-14)16-17(23-13)27-19(4,5)26-16/h6-9,13-17H,10H2,1-5H3/t13?,14-,15?,16-,17-/m0/s1. The lowest BCUT2D eigenvalue weighted by atomic mass is 9.99. The molecular formula is C19H26O8S. The van der Waals surface area contributed by atoms with Gasteiger partial charge in [0.25, 0.3) is 10.1 Å². The fourth-order valence-corrected chi connectivity index (χ4v) is 4.68. The lowest BCUT2D eigenvalue weighted by Crippen LogP contribution is -2.56. The minimum atomic E-state index is -3.93. The molecule has 2 unspecified atom stereocenters. The van der Waals surface area contributed by atoms with E-state index in [0.29, 0.717) is 0 Å². The van der Waals surface area contributed by atoms with Crippen molar-refractivity contribution in [1.29, 1.82) is 0 Å². The van der Waals surface area contributed by atoms with Gasteiger partial charge >= 0.3 is 0 Å². The van der Waals surface area contributed by atoms with Gasteiger partial charge in [0.2, 0.25) is 0 Å². The zero-order chi connectivity index (χ0) is 20.3. The third-order valence-corrected chi connectivity index (χ3v) is 6.24. The lowest BCUT2D eigenvalue weighted by molar-refractivity contribution is -0.238. The number of rotatable bonds is 4. The molecule has 1 aromatic carbocycles. The highest BCUT2D eigenvalue weighted by molar-refractivity contribution is 7.86. The van der Waals surface area contributed by atoms with E-state index in [4.69, 9.17) is 27.9 Å². The first kappa shape index (κ1) is 20.2. The third kappa shape index (κ3) is 3.85. The van der Waals surface area contributed by atoms with Crippen LogP contribution in [0.25, 0.3) is 0 Å². The Bertz CT molecular complexity index is 832. The Labute approximate surface area is 165 Å². The van der Waals surface area contributed by atoms with Gasteiger partial charge in [0.05, 0.1) is 11.5 Å². The zero-order valence-electron chi connectivity index (χ0n) is 16.6. The minimum Gasteiger partial charge on any atom is -0.342 e. The molecule has 0 radical (unpaired) electrons. The molecule has 0 aromatic heterocycles. The highest BCUT2D eigenvalue weighted by Gasteiger charge is 2.60. The molecule has 3 aliphatic rings. The van der Waals surface area contributed by atoms with Crippen LogP contribution in [0.2, 0.25) is 0 Å². The summed E-state index contributed by atoms with van der Waals surface area (Å²) >= 11 is 0. The molecule has 8 nitrogen and oxygen atoms in total. The van der Waals surface area contributed by atoms with Crippen molar-refractivity contribution in [1.82, 2.24) is 0 Å². The van der Waals surface area contributed by atoms with Crippen LogP contribution in [0.1, 0.15) is 33.3 Å². The highest BCUT2D eigenvalue weighted by Crippen LogP contribution is 2.44. The Morgan fingerprint density at radius 2 is 1.46 bits per heavy atom. The molecule has 3 heterocycles. The summed E-state index contributed by atoms with van der Waals surface area (Å²) in [6.07, 6.45) is -2.84. The average Bonchev–Trinajstić information content (AvgIpc) is 3.07. The van der Waals surface area contributed by atoms with E-state index in [1.807, 2.05) is 6.92 Å². The van der Waals surface area contributed by atoms with E-state index in [2.05, 4.69) is 0 Å². The summed E-state index contributed by atoms with van der Waals surface area (Å²) in [4.78, 5) is 0.0915. The molecule has 5 atom stereocenters.